The molecule has 1 aliphatic heterocycles. The highest BCUT2D eigenvalue weighted by Gasteiger charge is 2.21. The van der Waals surface area contributed by atoms with Crippen LogP contribution in [0.25, 0.3) is 5.78 Å². The fourth-order valence-corrected chi connectivity index (χ4v) is 3.63. The number of hydrogen-bond acceptors (Lipinski definition) is 8. The van der Waals surface area contributed by atoms with Crippen molar-refractivity contribution in [1.82, 2.24) is 19.6 Å². The number of benzene rings is 1. The highest BCUT2D eigenvalue weighted by molar-refractivity contribution is 7.98. The average molecular weight is 373 g/mol. The number of non-ortho nitro benzene ring substituents is 1. The van der Waals surface area contributed by atoms with Gasteiger partial charge in [-0.15, -0.1) is 5.10 Å². The summed E-state index contributed by atoms with van der Waals surface area (Å²) in [5.41, 5.74) is 3.24. The second-order valence-electron chi connectivity index (χ2n) is 5.89. The zero-order valence-electron chi connectivity index (χ0n) is 14.1. The van der Waals surface area contributed by atoms with Crippen molar-refractivity contribution in [3.8, 4) is 5.75 Å². The monoisotopic (exact) mass is 373 g/mol. The number of aryl methyl sites for hydroxylation is 2. The molecule has 3 aromatic rings. The van der Waals surface area contributed by atoms with Gasteiger partial charge in [-0.1, -0.05) is 11.8 Å². The predicted molar refractivity (Wildman–Crippen MR) is 93.2 cm³/mol. The number of fused-ring (bicyclic) bond motifs is 2. The van der Waals surface area contributed by atoms with Gasteiger partial charge in [0.15, 0.2) is 6.79 Å². The van der Waals surface area contributed by atoms with Gasteiger partial charge in [0, 0.05) is 40.4 Å². The number of nitro benzene ring substituents is 1. The van der Waals surface area contributed by atoms with E-state index in [4.69, 9.17) is 9.47 Å². The fraction of sp³-hybridized carbons (Fsp3) is 0.312. The Hall–Kier alpha value is -2.72. The number of hydrogen-bond donors (Lipinski definition) is 0. The summed E-state index contributed by atoms with van der Waals surface area (Å²) in [4.78, 5) is 19.6. The summed E-state index contributed by atoms with van der Waals surface area (Å²) < 4.78 is 12.5. The van der Waals surface area contributed by atoms with Crippen LogP contribution < -0.4 is 4.74 Å². The van der Waals surface area contributed by atoms with Gasteiger partial charge in [-0.3, -0.25) is 10.1 Å². The molecule has 4 rings (SSSR count). The smallest absolute Gasteiger partial charge is 0.270 e. The largest absolute Gasteiger partial charge is 0.467 e. The van der Waals surface area contributed by atoms with Crippen LogP contribution in [0.5, 0.6) is 5.75 Å². The molecular weight excluding hydrogens is 358 g/mol. The number of aromatic nitrogens is 4. The van der Waals surface area contributed by atoms with Gasteiger partial charge in [0.05, 0.1) is 11.5 Å². The molecule has 3 heterocycles. The minimum absolute atomic E-state index is 0.0181. The minimum Gasteiger partial charge on any atom is -0.467 e. The van der Waals surface area contributed by atoms with E-state index in [2.05, 4.69) is 15.1 Å². The molecular formula is C16H15N5O4S. The molecule has 0 fully saturated rings. The van der Waals surface area contributed by atoms with E-state index in [9.17, 15) is 10.1 Å². The summed E-state index contributed by atoms with van der Waals surface area (Å²) in [7, 11) is 0. The van der Waals surface area contributed by atoms with E-state index in [1.165, 1.54) is 23.9 Å². The van der Waals surface area contributed by atoms with Gasteiger partial charge >= 0.3 is 0 Å². The second-order valence-corrected chi connectivity index (χ2v) is 6.84. The van der Waals surface area contributed by atoms with Crippen molar-refractivity contribution in [2.45, 2.75) is 31.4 Å². The lowest BCUT2D eigenvalue weighted by Crippen LogP contribution is -2.13. The van der Waals surface area contributed by atoms with Crippen molar-refractivity contribution in [1.29, 1.82) is 0 Å². The lowest BCUT2D eigenvalue weighted by atomic mass is 10.1. The van der Waals surface area contributed by atoms with Crippen LogP contribution >= 0.6 is 11.8 Å². The van der Waals surface area contributed by atoms with E-state index in [-0.39, 0.29) is 12.5 Å². The number of ether oxygens (including phenoxy) is 2. The molecule has 0 radical (unpaired) electrons. The first-order chi connectivity index (χ1) is 12.5. The predicted octanol–water partition coefficient (Wildman–Crippen LogP) is 2.81. The van der Waals surface area contributed by atoms with Crippen LogP contribution in [0.3, 0.4) is 0 Å². The highest BCUT2D eigenvalue weighted by Crippen LogP contribution is 2.35. The highest BCUT2D eigenvalue weighted by atomic mass is 32.2. The average Bonchev–Trinajstić information content (AvgIpc) is 3.02. The molecule has 0 saturated carbocycles. The van der Waals surface area contributed by atoms with Crippen molar-refractivity contribution in [2.24, 2.45) is 0 Å². The van der Waals surface area contributed by atoms with Crippen LogP contribution in [0.4, 0.5) is 5.69 Å². The molecule has 134 valence electrons. The SMILES string of the molecule is Cc1cc(C)n2nc(SCc3cc([N+](=O)[O-])cc4c3OCOC4)nc2n1. The third-order valence-corrected chi connectivity index (χ3v) is 4.82. The summed E-state index contributed by atoms with van der Waals surface area (Å²) in [5, 5.41) is 16.2. The fourth-order valence-electron chi connectivity index (χ4n) is 2.84. The molecule has 0 saturated heterocycles. The number of rotatable bonds is 4. The van der Waals surface area contributed by atoms with Gasteiger partial charge in [0.1, 0.15) is 5.75 Å². The zero-order chi connectivity index (χ0) is 18.3. The Morgan fingerprint density at radius 3 is 2.96 bits per heavy atom. The van der Waals surface area contributed by atoms with Crippen molar-refractivity contribution in [2.75, 3.05) is 6.79 Å². The standard InChI is InChI=1S/C16H15N5O4S/c1-9-3-10(2)20-15(17-9)18-16(19-20)26-7-12-5-13(21(22)23)4-11-6-24-8-25-14(11)12/h3-5H,6-8H2,1-2H3. The Morgan fingerprint density at radius 2 is 2.15 bits per heavy atom. The van der Waals surface area contributed by atoms with Gasteiger partial charge in [-0.2, -0.15) is 4.98 Å². The van der Waals surface area contributed by atoms with E-state index >= 15 is 0 Å². The maximum absolute atomic E-state index is 11.2. The normalized spacial score (nSPS) is 13.5. The Labute approximate surface area is 152 Å². The second kappa shape index (κ2) is 6.54. The zero-order valence-corrected chi connectivity index (χ0v) is 14.9. The van der Waals surface area contributed by atoms with Crippen LogP contribution in [0, 0.1) is 24.0 Å². The van der Waals surface area contributed by atoms with E-state index in [0.29, 0.717) is 34.6 Å². The number of thioether (sulfide) groups is 1. The van der Waals surface area contributed by atoms with Gasteiger partial charge < -0.3 is 9.47 Å². The van der Waals surface area contributed by atoms with Gasteiger partial charge in [-0.05, 0) is 19.9 Å². The topological polar surface area (TPSA) is 105 Å². The lowest BCUT2D eigenvalue weighted by molar-refractivity contribution is -0.385. The van der Waals surface area contributed by atoms with Crippen LogP contribution in [-0.2, 0) is 17.1 Å². The van der Waals surface area contributed by atoms with Crippen molar-refractivity contribution in [3.63, 3.8) is 0 Å². The van der Waals surface area contributed by atoms with Crippen LogP contribution in [-0.4, -0.2) is 31.3 Å². The minimum atomic E-state index is -0.414. The Balaban J connectivity index is 1.64. The van der Waals surface area contributed by atoms with Crippen LogP contribution in [0.15, 0.2) is 23.4 Å². The Morgan fingerprint density at radius 1 is 1.31 bits per heavy atom. The molecule has 0 aliphatic carbocycles. The molecule has 0 spiro atoms. The Kier molecular flexibility index (Phi) is 4.21. The molecule has 0 unspecified atom stereocenters. The first-order valence-electron chi connectivity index (χ1n) is 7.86. The maximum atomic E-state index is 11.2. The molecule has 26 heavy (non-hydrogen) atoms. The first-order valence-corrected chi connectivity index (χ1v) is 8.84. The quantitative estimate of drug-likeness (QED) is 0.390. The number of nitrogens with zero attached hydrogens (tertiary/aromatic N) is 5. The molecule has 2 aromatic heterocycles. The summed E-state index contributed by atoms with van der Waals surface area (Å²) in [6, 6.07) is 4.95. The molecule has 9 nitrogen and oxygen atoms in total. The molecule has 0 N–H and O–H groups in total. The van der Waals surface area contributed by atoms with E-state index in [0.717, 1.165) is 17.0 Å². The van der Waals surface area contributed by atoms with Crippen LogP contribution in [0.2, 0.25) is 0 Å². The molecule has 0 amide bonds. The van der Waals surface area contributed by atoms with Crippen molar-refractivity contribution in [3.05, 3.63) is 50.8 Å². The first kappa shape index (κ1) is 16.7. The third-order valence-electron chi connectivity index (χ3n) is 3.94. The molecule has 1 aromatic carbocycles. The van der Waals surface area contributed by atoms with Gasteiger partial charge in [0.2, 0.25) is 5.16 Å². The van der Waals surface area contributed by atoms with Crippen LogP contribution in [0.1, 0.15) is 22.5 Å². The van der Waals surface area contributed by atoms with E-state index in [1.54, 1.807) is 4.52 Å². The molecule has 1 aliphatic rings. The van der Waals surface area contributed by atoms with Crippen molar-refractivity contribution < 1.29 is 14.4 Å². The van der Waals surface area contributed by atoms with E-state index < -0.39 is 4.92 Å². The molecule has 0 atom stereocenters. The Bertz CT molecular complexity index is 1020. The number of nitro groups is 1. The lowest BCUT2D eigenvalue weighted by Gasteiger charge is -2.20. The summed E-state index contributed by atoms with van der Waals surface area (Å²) in [6.45, 7) is 4.28. The van der Waals surface area contributed by atoms with Gasteiger partial charge in [0.25, 0.3) is 11.5 Å². The molecule has 10 heteroatoms. The summed E-state index contributed by atoms with van der Waals surface area (Å²) in [5.74, 6) is 1.62. The summed E-state index contributed by atoms with van der Waals surface area (Å²) >= 11 is 1.38. The molecule has 0 bridgehead atoms. The maximum Gasteiger partial charge on any atom is 0.270 e. The van der Waals surface area contributed by atoms with Gasteiger partial charge in [-0.25, -0.2) is 9.50 Å². The van der Waals surface area contributed by atoms with E-state index in [1.807, 2.05) is 19.9 Å². The third kappa shape index (κ3) is 3.08. The van der Waals surface area contributed by atoms with Crippen molar-refractivity contribution >= 4 is 23.2 Å². The summed E-state index contributed by atoms with van der Waals surface area (Å²) in [6.07, 6.45) is 0.